The maximum absolute atomic E-state index is 5.71. The molecule has 0 aliphatic carbocycles. The molecule has 0 aromatic heterocycles. The second-order valence-corrected chi connectivity index (χ2v) is 4.15. The van der Waals surface area contributed by atoms with Crippen LogP contribution < -0.4 is 9.47 Å². The van der Waals surface area contributed by atoms with Crippen LogP contribution >= 0.6 is 0 Å². The fourth-order valence-electron chi connectivity index (χ4n) is 1.49. The van der Waals surface area contributed by atoms with Crippen LogP contribution in [0.3, 0.4) is 0 Å². The van der Waals surface area contributed by atoms with Crippen molar-refractivity contribution in [2.24, 2.45) is 0 Å². The van der Waals surface area contributed by atoms with Gasteiger partial charge < -0.3 is 9.47 Å². The zero-order valence-corrected chi connectivity index (χ0v) is 11.1. The molecule has 0 saturated heterocycles. The van der Waals surface area contributed by atoms with Crippen LogP contribution in [0.4, 0.5) is 0 Å². The molecule has 0 unspecified atom stereocenters. The summed E-state index contributed by atoms with van der Waals surface area (Å²) < 4.78 is 11.3. The maximum Gasteiger partial charge on any atom is 0.161 e. The molecule has 1 aromatic rings. The van der Waals surface area contributed by atoms with Crippen molar-refractivity contribution in [2.45, 2.75) is 33.8 Å². The SMILES string of the molecule is C=C[C](C)c1ccc(OC(C)C)c(OCC)c1. The van der Waals surface area contributed by atoms with Crippen LogP contribution in [0, 0.1) is 5.92 Å². The summed E-state index contributed by atoms with van der Waals surface area (Å²) in [5, 5.41) is 0. The lowest BCUT2D eigenvalue weighted by molar-refractivity contribution is 0.224. The van der Waals surface area contributed by atoms with E-state index in [-0.39, 0.29) is 6.10 Å². The van der Waals surface area contributed by atoms with E-state index in [2.05, 4.69) is 6.58 Å². The molecule has 2 nitrogen and oxygen atoms in total. The monoisotopic (exact) mass is 233 g/mol. The van der Waals surface area contributed by atoms with Gasteiger partial charge in [0.25, 0.3) is 0 Å². The van der Waals surface area contributed by atoms with Crippen molar-refractivity contribution in [1.82, 2.24) is 0 Å². The second kappa shape index (κ2) is 6.33. The molecular weight excluding hydrogens is 212 g/mol. The third-order valence-electron chi connectivity index (χ3n) is 2.37. The van der Waals surface area contributed by atoms with Crippen LogP contribution in [0.2, 0.25) is 0 Å². The van der Waals surface area contributed by atoms with Gasteiger partial charge in [-0.15, -0.1) is 6.58 Å². The summed E-state index contributed by atoms with van der Waals surface area (Å²) in [7, 11) is 0. The predicted octanol–water partition coefficient (Wildman–Crippen LogP) is 4.00. The second-order valence-electron chi connectivity index (χ2n) is 4.15. The van der Waals surface area contributed by atoms with Crippen molar-refractivity contribution >= 4 is 0 Å². The van der Waals surface area contributed by atoms with E-state index >= 15 is 0 Å². The quantitative estimate of drug-likeness (QED) is 0.739. The Labute approximate surface area is 104 Å². The lowest BCUT2D eigenvalue weighted by Gasteiger charge is -2.16. The Hall–Kier alpha value is -1.44. The van der Waals surface area contributed by atoms with Crippen LogP contribution in [0.15, 0.2) is 30.9 Å². The molecular formula is C15H21O2. The molecule has 17 heavy (non-hydrogen) atoms. The summed E-state index contributed by atoms with van der Waals surface area (Å²) in [5.41, 5.74) is 1.11. The van der Waals surface area contributed by atoms with Crippen molar-refractivity contribution in [3.63, 3.8) is 0 Å². The average Bonchev–Trinajstić information content (AvgIpc) is 2.30. The Kier molecular flexibility index (Phi) is 5.08. The van der Waals surface area contributed by atoms with Crippen molar-refractivity contribution < 1.29 is 9.47 Å². The van der Waals surface area contributed by atoms with E-state index in [0.29, 0.717) is 6.61 Å². The summed E-state index contributed by atoms with van der Waals surface area (Å²) in [5.74, 6) is 2.71. The van der Waals surface area contributed by atoms with Crippen LogP contribution in [-0.4, -0.2) is 12.7 Å². The molecule has 0 aliphatic rings. The Morgan fingerprint density at radius 3 is 2.59 bits per heavy atom. The third kappa shape index (κ3) is 3.81. The third-order valence-corrected chi connectivity index (χ3v) is 2.37. The number of allylic oxidation sites excluding steroid dienone is 1. The molecule has 1 rings (SSSR count). The molecule has 0 atom stereocenters. The molecule has 1 aromatic carbocycles. The van der Waals surface area contributed by atoms with Crippen LogP contribution in [-0.2, 0) is 0 Å². The van der Waals surface area contributed by atoms with E-state index in [1.165, 1.54) is 0 Å². The number of hydrogen-bond donors (Lipinski definition) is 0. The highest BCUT2D eigenvalue weighted by molar-refractivity contribution is 5.48. The van der Waals surface area contributed by atoms with Crippen molar-refractivity contribution in [1.29, 1.82) is 0 Å². The fourth-order valence-corrected chi connectivity index (χ4v) is 1.49. The van der Waals surface area contributed by atoms with Crippen molar-refractivity contribution in [2.75, 3.05) is 6.61 Å². The van der Waals surface area contributed by atoms with Gasteiger partial charge in [0, 0.05) is 5.92 Å². The first-order chi connectivity index (χ1) is 8.08. The van der Waals surface area contributed by atoms with E-state index in [1.807, 2.05) is 52.0 Å². The van der Waals surface area contributed by atoms with Crippen molar-refractivity contribution in [3.8, 4) is 11.5 Å². The summed E-state index contributed by atoms with van der Waals surface area (Å²) >= 11 is 0. The maximum atomic E-state index is 5.71. The van der Waals surface area contributed by atoms with Gasteiger partial charge in [-0.25, -0.2) is 0 Å². The first kappa shape index (κ1) is 13.6. The van der Waals surface area contributed by atoms with Crippen LogP contribution in [0.25, 0.3) is 0 Å². The molecule has 0 fully saturated rings. The van der Waals surface area contributed by atoms with Gasteiger partial charge in [-0.1, -0.05) is 19.1 Å². The van der Waals surface area contributed by atoms with Gasteiger partial charge in [0.1, 0.15) is 0 Å². The lowest BCUT2D eigenvalue weighted by Crippen LogP contribution is -2.07. The minimum atomic E-state index is 0.143. The molecule has 0 amide bonds. The van der Waals surface area contributed by atoms with E-state index < -0.39 is 0 Å². The molecule has 1 radical (unpaired) electrons. The molecule has 0 spiro atoms. The fraction of sp³-hybridized carbons (Fsp3) is 0.400. The number of ether oxygens (including phenoxy) is 2. The van der Waals surface area contributed by atoms with Gasteiger partial charge >= 0.3 is 0 Å². The zero-order chi connectivity index (χ0) is 12.8. The highest BCUT2D eigenvalue weighted by atomic mass is 16.5. The Morgan fingerprint density at radius 1 is 1.35 bits per heavy atom. The Balaban J connectivity index is 3.02. The van der Waals surface area contributed by atoms with Crippen LogP contribution in [0.1, 0.15) is 33.3 Å². The molecule has 0 heterocycles. The van der Waals surface area contributed by atoms with E-state index in [4.69, 9.17) is 9.47 Å². The molecule has 2 heteroatoms. The standard InChI is InChI=1S/C15H21O2/c1-6-12(5)13-8-9-14(17-11(3)4)15(10-13)16-7-2/h6,8-11H,1,7H2,2-5H3. The summed E-state index contributed by atoms with van der Waals surface area (Å²) in [6.07, 6.45) is 1.98. The topological polar surface area (TPSA) is 18.5 Å². The summed E-state index contributed by atoms with van der Waals surface area (Å²) in [4.78, 5) is 0. The van der Waals surface area contributed by atoms with Gasteiger partial charge in [-0.2, -0.15) is 0 Å². The number of benzene rings is 1. The Bertz CT molecular complexity index is 369. The molecule has 0 N–H and O–H groups in total. The van der Waals surface area contributed by atoms with Crippen LogP contribution in [0.5, 0.6) is 11.5 Å². The smallest absolute Gasteiger partial charge is 0.161 e. The van der Waals surface area contributed by atoms with E-state index in [0.717, 1.165) is 23.0 Å². The van der Waals surface area contributed by atoms with Gasteiger partial charge in [-0.3, -0.25) is 0 Å². The van der Waals surface area contributed by atoms with Gasteiger partial charge in [-0.05, 0) is 38.5 Å². The van der Waals surface area contributed by atoms with E-state index in [1.54, 1.807) is 0 Å². The Morgan fingerprint density at radius 2 is 2.06 bits per heavy atom. The van der Waals surface area contributed by atoms with Gasteiger partial charge in [0.15, 0.2) is 11.5 Å². The zero-order valence-electron chi connectivity index (χ0n) is 11.1. The van der Waals surface area contributed by atoms with Crippen molar-refractivity contribution in [3.05, 3.63) is 42.3 Å². The first-order valence-corrected chi connectivity index (χ1v) is 5.98. The highest BCUT2D eigenvalue weighted by Gasteiger charge is 2.10. The summed E-state index contributed by atoms with van der Waals surface area (Å²) in [6, 6.07) is 5.98. The van der Waals surface area contributed by atoms with E-state index in [9.17, 15) is 0 Å². The van der Waals surface area contributed by atoms with Gasteiger partial charge in [0.05, 0.1) is 12.7 Å². The summed E-state index contributed by atoms with van der Waals surface area (Å²) in [6.45, 7) is 12.4. The number of hydrogen-bond acceptors (Lipinski definition) is 2. The molecule has 93 valence electrons. The normalized spacial score (nSPS) is 10.7. The molecule has 0 aliphatic heterocycles. The highest BCUT2D eigenvalue weighted by Crippen LogP contribution is 2.31. The minimum Gasteiger partial charge on any atom is -0.490 e. The number of rotatable bonds is 6. The average molecular weight is 233 g/mol. The molecule has 0 saturated carbocycles. The van der Waals surface area contributed by atoms with Gasteiger partial charge in [0.2, 0.25) is 0 Å². The largest absolute Gasteiger partial charge is 0.490 e. The minimum absolute atomic E-state index is 0.143. The predicted molar refractivity (Wildman–Crippen MR) is 71.6 cm³/mol. The molecule has 0 bridgehead atoms. The lowest BCUT2D eigenvalue weighted by atomic mass is 10.0. The first-order valence-electron chi connectivity index (χ1n) is 5.98.